The quantitative estimate of drug-likeness (QED) is 0.862. The molecule has 0 N–H and O–H groups in total. The third-order valence-electron chi connectivity index (χ3n) is 3.74. The summed E-state index contributed by atoms with van der Waals surface area (Å²) in [7, 11) is 0. The topological polar surface area (TPSA) is 60.2 Å². The second kappa shape index (κ2) is 6.58. The highest BCUT2D eigenvalue weighted by Gasteiger charge is 2.27. The lowest BCUT2D eigenvalue weighted by Crippen LogP contribution is -2.38. The third kappa shape index (κ3) is 3.32. The average molecular weight is 335 g/mol. The number of ether oxygens (including phenoxy) is 1. The summed E-state index contributed by atoms with van der Waals surface area (Å²) in [6.45, 7) is 5.92. The van der Waals surface area contributed by atoms with Gasteiger partial charge < -0.3 is 4.74 Å². The number of hydrogen-bond donors (Lipinski definition) is 0. The molecule has 2 aromatic rings. The van der Waals surface area contributed by atoms with Crippen molar-refractivity contribution in [2.75, 3.05) is 18.1 Å². The number of hydrogen-bond acceptors (Lipinski definition) is 4. The first-order chi connectivity index (χ1) is 11.1. The van der Waals surface area contributed by atoms with Crippen LogP contribution in [0, 0.1) is 5.92 Å². The van der Waals surface area contributed by atoms with Gasteiger partial charge in [0.2, 0.25) is 0 Å². The van der Waals surface area contributed by atoms with Crippen LogP contribution in [-0.2, 0) is 6.54 Å². The molecule has 23 heavy (non-hydrogen) atoms. The molecular formula is C16H19ClN4O2. The van der Waals surface area contributed by atoms with Crippen LogP contribution in [0.2, 0.25) is 5.02 Å². The molecule has 0 atom stereocenters. The minimum Gasteiger partial charge on any atom is -0.488 e. The first-order valence-electron chi connectivity index (χ1n) is 7.69. The monoisotopic (exact) mass is 334 g/mol. The zero-order chi connectivity index (χ0) is 16.4. The van der Waals surface area contributed by atoms with Crippen LogP contribution in [0.15, 0.2) is 24.4 Å². The summed E-state index contributed by atoms with van der Waals surface area (Å²) in [4.78, 5) is 14.4. The van der Waals surface area contributed by atoms with Crippen molar-refractivity contribution in [2.45, 2.75) is 26.8 Å². The van der Waals surface area contributed by atoms with E-state index in [1.807, 2.05) is 6.07 Å². The van der Waals surface area contributed by atoms with Crippen LogP contribution in [0.4, 0.5) is 5.69 Å². The Hall–Kier alpha value is -2.08. The minimum atomic E-state index is -0.187. The van der Waals surface area contributed by atoms with Crippen LogP contribution in [0.1, 0.15) is 30.8 Å². The molecule has 0 fully saturated rings. The highest BCUT2D eigenvalue weighted by atomic mass is 35.5. The molecule has 1 aromatic carbocycles. The van der Waals surface area contributed by atoms with Crippen molar-refractivity contribution in [3.8, 4) is 5.75 Å². The predicted molar refractivity (Wildman–Crippen MR) is 88.1 cm³/mol. The Morgan fingerprint density at radius 3 is 3.04 bits per heavy atom. The number of nitrogens with zero attached hydrogens (tertiary/aromatic N) is 4. The van der Waals surface area contributed by atoms with Gasteiger partial charge in [0, 0.05) is 6.54 Å². The smallest absolute Gasteiger partial charge is 0.280 e. The highest BCUT2D eigenvalue weighted by Crippen LogP contribution is 2.38. The summed E-state index contributed by atoms with van der Waals surface area (Å²) >= 11 is 6.14. The Labute approximate surface area is 140 Å². The van der Waals surface area contributed by atoms with E-state index in [0.29, 0.717) is 41.2 Å². The van der Waals surface area contributed by atoms with E-state index in [0.717, 1.165) is 13.0 Å². The van der Waals surface area contributed by atoms with Gasteiger partial charge in [-0.1, -0.05) is 36.7 Å². The normalized spacial score (nSPS) is 13.8. The fourth-order valence-corrected chi connectivity index (χ4v) is 2.68. The SMILES string of the molecule is CC(C)CCn1cc(C(=O)N2CCOc3c(Cl)cccc32)nn1. The molecule has 2 heterocycles. The fraction of sp³-hybridized carbons (Fsp3) is 0.438. The number of benzene rings is 1. The van der Waals surface area contributed by atoms with Gasteiger partial charge in [0.15, 0.2) is 11.4 Å². The van der Waals surface area contributed by atoms with E-state index in [9.17, 15) is 4.79 Å². The summed E-state index contributed by atoms with van der Waals surface area (Å²) in [5.74, 6) is 0.931. The Morgan fingerprint density at radius 2 is 2.26 bits per heavy atom. The van der Waals surface area contributed by atoms with Crippen molar-refractivity contribution in [3.05, 3.63) is 35.1 Å². The third-order valence-corrected chi connectivity index (χ3v) is 4.03. The number of carbonyl (C=O) groups is 1. The molecule has 0 saturated carbocycles. The molecule has 0 bridgehead atoms. The van der Waals surface area contributed by atoms with Gasteiger partial charge in [-0.2, -0.15) is 0 Å². The molecule has 0 aliphatic carbocycles. The Bertz CT molecular complexity index is 714. The molecule has 0 radical (unpaired) electrons. The highest BCUT2D eigenvalue weighted by molar-refractivity contribution is 6.32. The van der Waals surface area contributed by atoms with Crippen LogP contribution in [0.25, 0.3) is 0 Å². The fourth-order valence-electron chi connectivity index (χ4n) is 2.46. The van der Waals surface area contributed by atoms with Gasteiger partial charge >= 0.3 is 0 Å². The van der Waals surface area contributed by atoms with Crippen LogP contribution in [-0.4, -0.2) is 34.1 Å². The molecule has 122 valence electrons. The number of aryl methyl sites for hydroxylation is 1. The molecule has 6 nitrogen and oxygen atoms in total. The molecule has 0 saturated heterocycles. The lowest BCUT2D eigenvalue weighted by molar-refractivity contribution is 0.0971. The van der Waals surface area contributed by atoms with Crippen LogP contribution in [0.5, 0.6) is 5.75 Å². The largest absolute Gasteiger partial charge is 0.488 e. The molecule has 0 spiro atoms. The number of aromatic nitrogens is 3. The number of fused-ring (bicyclic) bond motifs is 1. The summed E-state index contributed by atoms with van der Waals surface area (Å²) in [5.41, 5.74) is 1.01. The number of carbonyl (C=O) groups excluding carboxylic acids is 1. The predicted octanol–water partition coefficient (Wildman–Crippen LogP) is 3.02. The van der Waals surface area contributed by atoms with E-state index in [1.165, 1.54) is 0 Å². The zero-order valence-electron chi connectivity index (χ0n) is 13.2. The Morgan fingerprint density at radius 1 is 1.43 bits per heavy atom. The van der Waals surface area contributed by atoms with Gasteiger partial charge in [0.1, 0.15) is 6.61 Å². The first kappa shape index (κ1) is 15.8. The maximum atomic E-state index is 12.7. The Balaban J connectivity index is 1.81. The number of anilines is 1. The molecular weight excluding hydrogens is 316 g/mol. The molecule has 3 rings (SSSR count). The second-order valence-electron chi connectivity index (χ2n) is 5.94. The maximum absolute atomic E-state index is 12.7. The van der Waals surface area contributed by atoms with Crippen molar-refractivity contribution < 1.29 is 9.53 Å². The van der Waals surface area contributed by atoms with Crippen molar-refractivity contribution >= 4 is 23.2 Å². The zero-order valence-corrected chi connectivity index (χ0v) is 14.0. The lowest BCUT2D eigenvalue weighted by Gasteiger charge is -2.29. The standard InChI is InChI=1S/C16H19ClN4O2/c1-11(2)6-7-20-10-13(18-19-20)16(22)21-8-9-23-15-12(17)4-3-5-14(15)21/h3-5,10-11H,6-9H2,1-2H3. The van der Waals surface area contributed by atoms with Crippen molar-refractivity contribution in [1.29, 1.82) is 0 Å². The van der Waals surface area contributed by atoms with Crippen molar-refractivity contribution in [3.63, 3.8) is 0 Å². The van der Waals surface area contributed by atoms with E-state index < -0.39 is 0 Å². The van der Waals surface area contributed by atoms with Gasteiger partial charge in [-0.15, -0.1) is 5.10 Å². The summed E-state index contributed by atoms with van der Waals surface area (Å²) in [5, 5.41) is 8.55. The molecule has 1 aliphatic heterocycles. The van der Waals surface area contributed by atoms with Gasteiger partial charge in [0.05, 0.1) is 23.5 Å². The number of halogens is 1. The Kier molecular flexibility index (Phi) is 4.52. The number of rotatable bonds is 4. The second-order valence-corrected chi connectivity index (χ2v) is 6.35. The van der Waals surface area contributed by atoms with Crippen molar-refractivity contribution in [2.24, 2.45) is 5.92 Å². The molecule has 7 heteroatoms. The summed E-state index contributed by atoms with van der Waals surface area (Å²) < 4.78 is 7.29. The summed E-state index contributed by atoms with van der Waals surface area (Å²) in [6, 6.07) is 5.37. The van der Waals surface area contributed by atoms with Gasteiger partial charge in [-0.25, -0.2) is 0 Å². The van der Waals surface area contributed by atoms with Crippen LogP contribution in [0.3, 0.4) is 0 Å². The summed E-state index contributed by atoms with van der Waals surface area (Å²) in [6.07, 6.45) is 2.69. The lowest BCUT2D eigenvalue weighted by atomic mass is 10.1. The molecule has 0 unspecified atom stereocenters. The van der Waals surface area contributed by atoms with Gasteiger partial charge in [-0.05, 0) is 24.5 Å². The van der Waals surface area contributed by atoms with Crippen molar-refractivity contribution in [1.82, 2.24) is 15.0 Å². The number of para-hydroxylation sites is 1. The minimum absolute atomic E-state index is 0.187. The van der Waals surface area contributed by atoms with E-state index >= 15 is 0 Å². The van der Waals surface area contributed by atoms with E-state index in [-0.39, 0.29) is 5.91 Å². The number of amides is 1. The molecule has 1 aliphatic rings. The maximum Gasteiger partial charge on any atom is 0.280 e. The molecule has 1 aromatic heterocycles. The van der Waals surface area contributed by atoms with Crippen LogP contribution >= 0.6 is 11.6 Å². The molecule has 1 amide bonds. The van der Waals surface area contributed by atoms with E-state index in [1.54, 1.807) is 27.9 Å². The van der Waals surface area contributed by atoms with Gasteiger partial charge in [0.25, 0.3) is 5.91 Å². The first-order valence-corrected chi connectivity index (χ1v) is 8.07. The van der Waals surface area contributed by atoms with E-state index in [2.05, 4.69) is 24.2 Å². The average Bonchev–Trinajstić information content (AvgIpc) is 3.01. The van der Waals surface area contributed by atoms with E-state index in [4.69, 9.17) is 16.3 Å². The van der Waals surface area contributed by atoms with Crippen LogP contribution < -0.4 is 9.64 Å². The van der Waals surface area contributed by atoms with Gasteiger partial charge in [-0.3, -0.25) is 14.4 Å².